The summed E-state index contributed by atoms with van der Waals surface area (Å²) in [6, 6.07) is 8.34. The standard InChI is InChI=1S/C13H9BrF2O2/c14-9-2-1-8(7-17)13(5-9)18-10-3-4-11(15)12(16)6-10/h1-6,17H,7H2. The van der Waals surface area contributed by atoms with E-state index < -0.39 is 11.6 Å². The zero-order valence-corrected chi connectivity index (χ0v) is 10.7. The Hall–Kier alpha value is -1.46. The van der Waals surface area contributed by atoms with Crippen LogP contribution in [0.15, 0.2) is 40.9 Å². The largest absolute Gasteiger partial charge is 0.457 e. The fourth-order valence-electron chi connectivity index (χ4n) is 1.42. The van der Waals surface area contributed by atoms with Gasteiger partial charge >= 0.3 is 0 Å². The molecule has 0 radical (unpaired) electrons. The molecule has 0 unspecified atom stereocenters. The Labute approximate surface area is 111 Å². The number of hydrogen-bond acceptors (Lipinski definition) is 2. The summed E-state index contributed by atoms with van der Waals surface area (Å²) >= 11 is 3.27. The van der Waals surface area contributed by atoms with Gasteiger partial charge in [-0.1, -0.05) is 22.0 Å². The van der Waals surface area contributed by atoms with Gasteiger partial charge in [0.1, 0.15) is 11.5 Å². The lowest BCUT2D eigenvalue weighted by Crippen LogP contribution is -1.93. The second-order valence-electron chi connectivity index (χ2n) is 3.59. The highest BCUT2D eigenvalue weighted by Crippen LogP contribution is 2.29. The minimum absolute atomic E-state index is 0.168. The molecule has 0 fully saturated rings. The Bertz CT molecular complexity index is 573. The van der Waals surface area contributed by atoms with Crippen LogP contribution in [0.1, 0.15) is 5.56 Å². The Morgan fingerprint density at radius 1 is 1.06 bits per heavy atom. The van der Waals surface area contributed by atoms with E-state index in [2.05, 4.69) is 15.9 Å². The van der Waals surface area contributed by atoms with Gasteiger partial charge in [0, 0.05) is 16.1 Å². The molecule has 0 atom stereocenters. The van der Waals surface area contributed by atoms with Crippen molar-refractivity contribution in [2.24, 2.45) is 0 Å². The Balaban J connectivity index is 2.33. The average Bonchev–Trinajstić information content (AvgIpc) is 2.34. The molecule has 2 aromatic carbocycles. The maximum absolute atomic E-state index is 13.0. The minimum Gasteiger partial charge on any atom is -0.457 e. The molecule has 2 aromatic rings. The van der Waals surface area contributed by atoms with Gasteiger partial charge in [0.15, 0.2) is 11.6 Å². The van der Waals surface area contributed by atoms with Gasteiger partial charge in [0.25, 0.3) is 0 Å². The van der Waals surface area contributed by atoms with Gasteiger partial charge in [-0.3, -0.25) is 0 Å². The molecule has 5 heteroatoms. The number of hydrogen-bond donors (Lipinski definition) is 1. The van der Waals surface area contributed by atoms with Crippen LogP contribution in [-0.2, 0) is 6.61 Å². The normalized spacial score (nSPS) is 10.4. The molecule has 2 rings (SSSR count). The number of ether oxygens (including phenoxy) is 1. The van der Waals surface area contributed by atoms with Crippen LogP contribution in [0.4, 0.5) is 8.78 Å². The van der Waals surface area contributed by atoms with E-state index in [9.17, 15) is 8.78 Å². The first kappa shape index (κ1) is 13.0. The molecule has 0 aliphatic carbocycles. The molecule has 2 nitrogen and oxygen atoms in total. The average molecular weight is 315 g/mol. The summed E-state index contributed by atoms with van der Waals surface area (Å²) in [4.78, 5) is 0. The van der Waals surface area contributed by atoms with Crippen LogP contribution in [0.3, 0.4) is 0 Å². The lowest BCUT2D eigenvalue weighted by atomic mass is 10.2. The molecule has 0 amide bonds. The molecule has 0 saturated heterocycles. The predicted octanol–water partition coefficient (Wildman–Crippen LogP) is 4.01. The van der Waals surface area contributed by atoms with E-state index in [4.69, 9.17) is 9.84 Å². The van der Waals surface area contributed by atoms with Crippen molar-refractivity contribution in [2.75, 3.05) is 0 Å². The molecule has 0 aromatic heterocycles. The van der Waals surface area contributed by atoms with Crippen LogP contribution in [0, 0.1) is 11.6 Å². The molecule has 0 aliphatic rings. The van der Waals surface area contributed by atoms with Crippen molar-refractivity contribution in [3.8, 4) is 11.5 Å². The van der Waals surface area contributed by atoms with Crippen molar-refractivity contribution in [1.29, 1.82) is 0 Å². The summed E-state index contributed by atoms with van der Waals surface area (Å²) in [5, 5.41) is 9.16. The second-order valence-corrected chi connectivity index (χ2v) is 4.50. The molecule has 0 bridgehead atoms. The summed E-state index contributed by atoms with van der Waals surface area (Å²) < 4.78 is 32.0. The number of aliphatic hydroxyl groups is 1. The van der Waals surface area contributed by atoms with E-state index in [1.54, 1.807) is 18.2 Å². The van der Waals surface area contributed by atoms with E-state index in [1.165, 1.54) is 6.07 Å². The molecular formula is C13H9BrF2O2. The predicted molar refractivity (Wildman–Crippen MR) is 66.5 cm³/mol. The zero-order valence-electron chi connectivity index (χ0n) is 9.16. The van der Waals surface area contributed by atoms with E-state index >= 15 is 0 Å². The highest BCUT2D eigenvalue weighted by molar-refractivity contribution is 9.10. The summed E-state index contributed by atoms with van der Waals surface area (Å²) in [6.07, 6.45) is 0. The molecular weight excluding hydrogens is 306 g/mol. The van der Waals surface area contributed by atoms with Crippen molar-refractivity contribution in [3.05, 3.63) is 58.1 Å². The number of benzene rings is 2. The van der Waals surface area contributed by atoms with Gasteiger partial charge in [-0.15, -0.1) is 0 Å². The van der Waals surface area contributed by atoms with Gasteiger partial charge in [0.05, 0.1) is 6.61 Å². The van der Waals surface area contributed by atoms with Gasteiger partial charge in [-0.05, 0) is 24.3 Å². The topological polar surface area (TPSA) is 29.5 Å². The molecule has 1 N–H and O–H groups in total. The highest BCUT2D eigenvalue weighted by atomic mass is 79.9. The number of aliphatic hydroxyl groups excluding tert-OH is 1. The van der Waals surface area contributed by atoms with Gasteiger partial charge in [-0.2, -0.15) is 0 Å². The third kappa shape index (κ3) is 2.86. The maximum Gasteiger partial charge on any atom is 0.162 e. The zero-order chi connectivity index (χ0) is 13.1. The lowest BCUT2D eigenvalue weighted by Gasteiger charge is -2.10. The van der Waals surface area contributed by atoms with E-state index in [0.717, 1.165) is 16.6 Å². The summed E-state index contributed by atoms with van der Waals surface area (Å²) in [6.45, 7) is -0.202. The summed E-state index contributed by atoms with van der Waals surface area (Å²) in [5.41, 5.74) is 0.558. The maximum atomic E-state index is 13.0. The first-order valence-corrected chi connectivity index (χ1v) is 5.91. The smallest absolute Gasteiger partial charge is 0.162 e. The van der Waals surface area contributed by atoms with Gasteiger partial charge in [-0.25, -0.2) is 8.78 Å². The van der Waals surface area contributed by atoms with E-state index in [-0.39, 0.29) is 12.4 Å². The Morgan fingerprint density at radius 2 is 1.83 bits per heavy atom. The first-order chi connectivity index (χ1) is 8.60. The van der Waals surface area contributed by atoms with Crippen LogP contribution in [0.5, 0.6) is 11.5 Å². The van der Waals surface area contributed by atoms with Crippen LogP contribution >= 0.6 is 15.9 Å². The van der Waals surface area contributed by atoms with Crippen LogP contribution < -0.4 is 4.74 Å². The third-order valence-corrected chi connectivity index (χ3v) is 2.81. The third-order valence-electron chi connectivity index (χ3n) is 2.32. The van der Waals surface area contributed by atoms with Crippen molar-refractivity contribution in [3.63, 3.8) is 0 Å². The molecule has 0 saturated carbocycles. The van der Waals surface area contributed by atoms with Crippen molar-refractivity contribution >= 4 is 15.9 Å². The fourth-order valence-corrected chi connectivity index (χ4v) is 1.76. The van der Waals surface area contributed by atoms with Crippen LogP contribution in [0.2, 0.25) is 0 Å². The highest BCUT2D eigenvalue weighted by Gasteiger charge is 2.08. The lowest BCUT2D eigenvalue weighted by molar-refractivity contribution is 0.276. The van der Waals surface area contributed by atoms with Gasteiger partial charge in [0.2, 0.25) is 0 Å². The molecule has 18 heavy (non-hydrogen) atoms. The van der Waals surface area contributed by atoms with E-state index in [1.807, 2.05) is 0 Å². The Kier molecular flexibility index (Phi) is 3.93. The monoisotopic (exact) mass is 314 g/mol. The second kappa shape index (κ2) is 5.46. The number of rotatable bonds is 3. The van der Waals surface area contributed by atoms with E-state index in [0.29, 0.717) is 11.3 Å². The van der Waals surface area contributed by atoms with Crippen LogP contribution in [0.25, 0.3) is 0 Å². The Morgan fingerprint density at radius 3 is 2.50 bits per heavy atom. The van der Waals surface area contributed by atoms with Crippen molar-refractivity contribution in [2.45, 2.75) is 6.61 Å². The van der Waals surface area contributed by atoms with Crippen molar-refractivity contribution in [1.82, 2.24) is 0 Å². The molecule has 0 heterocycles. The first-order valence-electron chi connectivity index (χ1n) is 5.12. The van der Waals surface area contributed by atoms with Gasteiger partial charge < -0.3 is 9.84 Å². The SMILES string of the molecule is OCc1ccc(Br)cc1Oc1ccc(F)c(F)c1. The van der Waals surface area contributed by atoms with Crippen molar-refractivity contribution < 1.29 is 18.6 Å². The van der Waals surface area contributed by atoms with Crippen LogP contribution in [-0.4, -0.2) is 5.11 Å². The quantitative estimate of drug-likeness (QED) is 0.927. The minimum atomic E-state index is -0.979. The molecule has 0 spiro atoms. The molecule has 0 aliphatic heterocycles. The fraction of sp³-hybridized carbons (Fsp3) is 0.0769. The number of halogens is 3. The molecule has 94 valence electrons. The summed E-state index contributed by atoms with van der Waals surface area (Å²) in [7, 11) is 0. The summed E-state index contributed by atoms with van der Waals surface area (Å²) in [5.74, 6) is -1.35.